The van der Waals surface area contributed by atoms with Gasteiger partial charge in [0, 0.05) is 4.88 Å². The van der Waals surface area contributed by atoms with E-state index in [0.29, 0.717) is 6.54 Å². The van der Waals surface area contributed by atoms with Crippen LogP contribution in [0, 0.1) is 0 Å². The minimum atomic E-state index is -0.942. The number of nitrogens with zero attached hydrogens (tertiary/aromatic N) is 1. The normalized spacial score (nSPS) is 16.5. The Bertz CT molecular complexity index is 685. The van der Waals surface area contributed by atoms with Crippen LogP contribution in [-0.2, 0) is 16.8 Å². The molecule has 1 amide bonds. The summed E-state index contributed by atoms with van der Waals surface area (Å²) in [4.78, 5) is 26.5. The maximum Gasteiger partial charge on any atom is 0.345 e. The van der Waals surface area contributed by atoms with Crippen LogP contribution in [0.25, 0.3) is 0 Å². The monoisotopic (exact) mass is 307 g/mol. The van der Waals surface area contributed by atoms with Crippen LogP contribution in [0.5, 0.6) is 0 Å². The summed E-state index contributed by atoms with van der Waals surface area (Å²) in [6.07, 6.45) is 0. The van der Waals surface area contributed by atoms with E-state index in [1.54, 1.807) is 22.3 Å². The lowest BCUT2D eigenvalue weighted by molar-refractivity contribution is -0.122. The molecule has 0 atom stereocenters. The Morgan fingerprint density at radius 2 is 2.20 bits per heavy atom. The Labute approximate surface area is 124 Å². The molecule has 0 aliphatic carbocycles. The van der Waals surface area contributed by atoms with Gasteiger partial charge in [-0.2, -0.15) is 11.3 Å². The topological polar surface area (TPSA) is 57.6 Å². The fraction of sp³-hybridized carbons (Fsp3) is 0.286. The minimum Gasteiger partial charge on any atom is -0.477 e. The van der Waals surface area contributed by atoms with Crippen molar-refractivity contribution in [2.45, 2.75) is 25.8 Å². The van der Waals surface area contributed by atoms with Gasteiger partial charge in [0.2, 0.25) is 5.91 Å². The van der Waals surface area contributed by atoms with Crippen molar-refractivity contribution in [1.29, 1.82) is 0 Å². The molecular weight excluding hydrogens is 294 g/mol. The average molecular weight is 307 g/mol. The lowest BCUT2D eigenvalue weighted by Gasteiger charge is -2.20. The van der Waals surface area contributed by atoms with Crippen molar-refractivity contribution in [3.63, 3.8) is 0 Å². The Morgan fingerprint density at radius 1 is 1.45 bits per heavy atom. The molecule has 4 nitrogen and oxygen atoms in total. The Balaban J connectivity index is 2.04. The number of carbonyl (C=O) groups excluding carboxylic acids is 1. The summed E-state index contributed by atoms with van der Waals surface area (Å²) in [6, 6.07) is 3.59. The van der Waals surface area contributed by atoms with Crippen molar-refractivity contribution >= 4 is 40.2 Å². The van der Waals surface area contributed by atoms with E-state index in [4.69, 9.17) is 5.11 Å². The second-order valence-electron chi connectivity index (χ2n) is 5.28. The zero-order valence-corrected chi connectivity index (χ0v) is 12.7. The first-order valence-electron chi connectivity index (χ1n) is 6.12. The number of fused-ring (bicyclic) bond motifs is 1. The van der Waals surface area contributed by atoms with Crippen LogP contribution in [0.3, 0.4) is 0 Å². The van der Waals surface area contributed by atoms with Gasteiger partial charge in [0.05, 0.1) is 17.6 Å². The molecule has 0 unspecified atom stereocenters. The van der Waals surface area contributed by atoms with Gasteiger partial charge in [-0.15, -0.1) is 11.3 Å². The zero-order chi connectivity index (χ0) is 14.5. The summed E-state index contributed by atoms with van der Waals surface area (Å²) in [5.74, 6) is -0.912. The van der Waals surface area contributed by atoms with Gasteiger partial charge in [-0.05, 0) is 42.3 Å². The second kappa shape index (κ2) is 4.43. The van der Waals surface area contributed by atoms with Crippen LogP contribution < -0.4 is 4.90 Å². The minimum absolute atomic E-state index is 0.0295. The Hall–Kier alpha value is -1.66. The van der Waals surface area contributed by atoms with Crippen molar-refractivity contribution in [1.82, 2.24) is 0 Å². The number of rotatable bonds is 3. The van der Waals surface area contributed by atoms with E-state index in [2.05, 4.69) is 0 Å². The quantitative estimate of drug-likeness (QED) is 0.946. The van der Waals surface area contributed by atoms with Crippen LogP contribution in [-0.4, -0.2) is 17.0 Å². The van der Waals surface area contributed by atoms with Crippen LogP contribution in [0.15, 0.2) is 22.9 Å². The van der Waals surface area contributed by atoms with Crippen molar-refractivity contribution in [3.05, 3.63) is 38.2 Å². The fourth-order valence-corrected chi connectivity index (χ4v) is 4.15. The number of anilines is 1. The van der Waals surface area contributed by atoms with Gasteiger partial charge in [0.1, 0.15) is 4.88 Å². The summed E-state index contributed by atoms with van der Waals surface area (Å²) in [7, 11) is 0. The number of carboxylic acid groups (broad SMARTS) is 1. The molecular formula is C14H13NO3S2. The summed E-state index contributed by atoms with van der Waals surface area (Å²) in [6.45, 7) is 4.20. The maximum atomic E-state index is 12.5. The molecule has 20 heavy (non-hydrogen) atoms. The van der Waals surface area contributed by atoms with E-state index in [0.717, 1.165) is 16.1 Å². The molecule has 2 aromatic rings. The van der Waals surface area contributed by atoms with E-state index >= 15 is 0 Å². The van der Waals surface area contributed by atoms with Gasteiger partial charge >= 0.3 is 5.97 Å². The first-order chi connectivity index (χ1) is 9.41. The lowest BCUT2D eigenvalue weighted by Crippen LogP contribution is -2.35. The van der Waals surface area contributed by atoms with Crippen molar-refractivity contribution in [2.75, 3.05) is 4.90 Å². The Morgan fingerprint density at radius 3 is 2.80 bits per heavy atom. The van der Waals surface area contributed by atoms with E-state index in [9.17, 15) is 9.59 Å². The molecule has 3 rings (SSSR count). The number of carbonyl (C=O) groups is 2. The average Bonchev–Trinajstić information content (AvgIpc) is 3.06. The van der Waals surface area contributed by atoms with E-state index in [1.165, 1.54) is 11.3 Å². The van der Waals surface area contributed by atoms with E-state index < -0.39 is 11.4 Å². The first-order valence-corrected chi connectivity index (χ1v) is 7.88. The SMILES string of the molecule is CC1(C)C(=O)N(Cc2ccsc2)c2cc(C(=O)O)sc21. The molecule has 0 spiro atoms. The molecule has 1 aliphatic rings. The van der Waals surface area contributed by atoms with Gasteiger partial charge in [0.25, 0.3) is 0 Å². The molecule has 3 heterocycles. The first kappa shape index (κ1) is 13.3. The second-order valence-corrected chi connectivity index (χ2v) is 7.11. The molecule has 0 radical (unpaired) electrons. The number of hydrogen-bond acceptors (Lipinski definition) is 4. The molecule has 0 bridgehead atoms. The lowest BCUT2D eigenvalue weighted by atomic mass is 9.93. The van der Waals surface area contributed by atoms with E-state index in [-0.39, 0.29) is 10.8 Å². The standard InChI is InChI=1S/C14H13NO3S2/c1-14(2)11-9(5-10(20-11)12(16)17)15(13(14)18)6-8-3-4-19-7-8/h3-5,7H,6H2,1-2H3,(H,16,17). The highest BCUT2D eigenvalue weighted by Gasteiger charge is 2.46. The van der Waals surface area contributed by atoms with Gasteiger partial charge in [-0.25, -0.2) is 4.79 Å². The molecule has 0 saturated carbocycles. The van der Waals surface area contributed by atoms with Crippen LogP contribution >= 0.6 is 22.7 Å². The Kier molecular flexibility index (Phi) is 2.95. The summed E-state index contributed by atoms with van der Waals surface area (Å²) >= 11 is 2.78. The number of amides is 1. The third-order valence-electron chi connectivity index (χ3n) is 3.48. The molecule has 0 fully saturated rings. The molecule has 1 aliphatic heterocycles. The van der Waals surface area contributed by atoms with Gasteiger partial charge in [-0.3, -0.25) is 4.79 Å². The molecule has 1 N–H and O–H groups in total. The predicted molar refractivity (Wildman–Crippen MR) is 79.8 cm³/mol. The van der Waals surface area contributed by atoms with Gasteiger partial charge in [0.15, 0.2) is 0 Å². The smallest absolute Gasteiger partial charge is 0.345 e. The molecule has 0 aromatic carbocycles. The van der Waals surface area contributed by atoms with Crippen LogP contribution in [0.1, 0.15) is 34.0 Å². The summed E-state index contributed by atoms with van der Waals surface area (Å²) < 4.78 is 0. The summed E-state index contributed by atoms with van der Waals surface area (Å²) in [5.41, 5.74) is 1.16. The van der Waals surface area contributed by atoms with Gasteiger partial charge in [-0.1, -0.05) is 0 Å². The number of hydrogen-bond donors (Lipinski definition) is 1. The van der Waals surface area contributed by atoms with Crippen LogP contribution in [0.4, 0.5) is 5.69 Å². The molecule has 0 saturated heterocycles. The maximum absolute atomic E-state index is 12.5. The molecule has 6 heteroatoms. The number of thiophene rings is 2. The highest BCUT2D eigenvalue weighted by atomic mass is 32.1. The largest absolute Gasteiger partial charge is 0.477 e. The zero-order valence-electron chi connectivity index (χ0n) is 11.0. The van der Waals surface area contributed by atoms with Gasteiger partial charge < -0.3 is 10.0 Å². The third-order valence-corrected chi connectivity index (χ3v) is 5.65. The highest BCUT2D eigenvalue weighted by Crippen LogP contribution is 2.47. The van der Waals surface area contributed by atoms with Crippen molar-refractivity contribution < 1.29 is 14.7 Å². The summed E-state index contributed by atoms with van der Waals surface area (Å²) in [5, 5.41) is 13.1. The number of aromatic carboxylic acids is 1. The molecule has 104 valence electrons. The third kappa shape index (κ3) is 1.87. The van der Waals surface area contributed by atoms with E-state index in [1.807, 2.05) is 30.7 Å². The molecule has 2 aromatic heterocycles. The van der Waals surface area contributed by atoms with Crippen molar-refractivity contribution in [3.8, 4) is 0 Å². The fourth-order valence-electron chi connectivity index (χ4n) is 2.40. The predicted octanol–water partition coefficient (Wildman–Crippen LogP) is 3.33. The number of carboxylic acids is 1. The van der Waals surface area contributed by atoms with Crippen LogP contribution in [0.2, 0.25) is 0 Å². The van der Waals surface area contributed by atoms with Crippen molar-refractivity contribution in [2.24, 2.45) is 0 Å². The highest BCUT2D eigenvalue weighted by molar-refractivity contribution is 7.15.